The SMILES string of the molecule is CC.CC(C)c1nc(CN)no1. The van der Waals surface area contributed by atoms with E-state index in [9.17, 15) is 0 Å². The van der Waals surface area contributed by atoms with Gasteiger partial charge in [-0.3, -0.25) is 0 Å². The second-order valence-electron chi connectivity index (χ2n) is 2.41. The molecule has 1 heterocycles. The summed E-state index contributed by atoms with van der Waals surface area (Å²) >= 11 is 0. The van der Waals surface area contributed by atoms with Crippen LogP contribution in [0, 0.1) is 0 Å². The summed E-state index contributed by atoms with van der Waals surface area (Å²) in [6.07, 6.45) is 0. The van der Waals surface area contributed by atoms with E-state index in [1.165, 1.54) is 0 Å². The van der Waals surface area contributed by atoms with E-state index >= 15 is 0 Å². The molecule has 0 spiro atoms. The predicted octanol–water partition coefficient (Wildman–Crippen LogP) is 1.68. The lowest BCUT2D eigenvalue weighted by Gasteiger charge is -1.91. The molecule has 0 saturated carbocycles. The molecule has 0 atom stereocenters. The highest BCUT2D eigenvalue weighted by molar-refractivity contribution is 4.89. The topological polar surface area (TPSA) is 64.9 Å². The monoisotopic (exact) mass is 171 g/mol. The van der Waals surface area contributed by atoms with Gasteiger partial charge >= 0.3 is 0 Å². The number of aromatic nitrogens is 2. The predicted molar refractivity (Wildman–Crippen MR) is 47.6 cm³/mol. The molecule has 1 aromatic heterocycles. The van der Waals surface area contributed by atoms with Crippen LogP contribution in [0.1, 0.15) is 45.3 Å². The van der Waals surface area contributed by atoms with Crippen molar-refractivity contribution in [1.82, 2.24) is 10.1 Å². The summed E-state index contributed by atoms with van der Waals surface area (Å²) in [5.41, 5.74) is 5.28. The molecule has 2 N–H and O–H groups in total. The molecule has 0 aromatic carbocycles. The van der Waals surface area contributed by atoms with Gasteiger partial charge in [0.1, 0.15) is 0 Å². The van der Waals surface area contributed by atoms with Crippen molar-refractivity contribution in [2.75, 3.05) is 0 Å². The Balaban J connectivity index is 0.000000561. The Kier molecular flexibility index (Phi) is 5.28. The first-order chi connectivity index (χ1) is 5.74. The Morgan fingerprint density at radius 1 is 1.42 bits per heavy atom. The molecule has 0 aliphatic carbocycles. The smallest absolute Gasteiger partial charge is 0.229 e. The van der Waals surface area contributed by atoms with Crippen molar-refractivity contribution in [2.45, 2.75) is 40.2 Å². The Morgan fingerprint density at radius 2 is 2.00 bits per heavy atom. The van der Waals surface area contributed by atoms with Crippen LogP contribution in [0.15, 0.2) is 4.52 Å². The standard InChI is InChI=1S/C6H11N3O.C2H6/c1-4(2)6-8-5(3-7)9-10-6;1-2/h4H,3,7H2,1-2H3;1-2H3. The summed E-state index contributed by atoms with van der Waals surface area (Å²) < 4.78 is 4.88. The van der Waals surface area contributed by atoms with Crippen LogP contribution in [0.5, 0.6) is 0 Å². The van der Waals surface area contributed by atoms with Gasteiger partial charge in [0.15, 0.2) is 5.82 Å². The summed E-state index contributed by atoms with van der Waals surface area (Å²) in [5, 5.41) is 3.64. The van der Waals surface area contributed by atoms with Crippen molar-refractivity contribution >= 4 is 0 Å². The average Bonchev–Trinajstić information content (AvgIpc) is 2.55. The number of nitrogens with zero attached hydrogens (tertiary/aromatic N) is 2. The molecule has 1 aromatic rings. The van der Waals surface area contributed by atoms with Crippen molar-refractivity contribution in [3.8, 4) is 0 Å². The number of hydrogen-bond donors (Lipinski definition) is 1. The highest BCUT2D eigenvalue weighted by Crippen LogP contribution is 2.09. The van der Waals surface area contributed by atoms with Crippen molar-refractivity contribution < 1.29 is 4.52 Å². The molecular formula is C8H17N3O. The lowest BCUT2D eigenvalue weighted by molar-refractivity contribution is 0.361. The molecule has 0 aliphatic heterocycles. The Bertz CT molecular complexity index is 208. The molecule has 0 saturated heterocycles. The van der Waals surface area contributed by atoms with Gasteiger partial charge in [-0.1, -0.05) is 32.9 Å². The lowest BCUT2D eigenvalue weighted by atomic mass is 10.2. The van der Waals surface area contributed by atoms with Crippen LogP contribution < -0.4 is 5.73 Å². The molecule has 1 rings (SSSR count). The van der Waals surface area contributed by atoms with Gasteiger partial charge in [0.05, 0.1) is 6.54 Å². The maximum absolute atomic E-state index is 5.28. The molecule has 0 fully saturated rings. The third-order valence-corrected chi connectivity index (χ3v) is 1.16. The van der Waals surface area contributed by atoms with Gasteiger partial charge in [0, 0.05) is 5.92 Å². The van der Waals surface area contributed by atoms with Gasteiger partial charge in [-0.15, -0.1) is 0 Å². The van der Waals surface area contributed by atoms with Crippen molar-refractivity contribution in [2.24, 2.45) is 5.73 Å². The average molecular weight is 171 g/mol. The minimum atomic E-state index is 0.285. The molecule has 4 nitrogen and oxygen atoms in total. The van der Waals surface area contributed by atoms with Crippen LogP contribution in [0.3, 0.4) is 0 Å². The Morgan fingerprint density at radius 3 is 2.25 bits per heavy atom. The first-order valence-electron chi connectivity index (χ1n) is 4.26. The van der Waals surface area contributed by atoms with Crippen LogP contribution in [0.2, 0.25) is 0 Å². The molecule has 0 unspecified atom stereocenters. The number of rotatable bonds is 2. The van der Waals surface area contributed by atoms with E-state index in [0.29, 0.717) is 18.3 Å². The molecule has 0 aliphatic rings. The van der Waals surface area contributed by atoms with E-state index < -0.39 is 0 Å². The van der Waals surface area contributed by atoms with Crippen molar-refractivity contribution in [3.05, 3.63) is 11.7 Å². The molecule has 70 valence electrons. The third-order valence-electron chi connectivity index (χ3n) is 1.16. The molecule has 0 amide bonds. The highest BCUT2D eigenvalue weighted by atomic mass is 16.5. The number of nitrogens with two attached hydrogens (primary N) is 1. The van der Waals surface area contributed by atoms with Gasteiger partial charge in [-0.2, -0.15) is 4.98 Å². The minimum absolute atomic E-state index is 0.285. The fourth-order valence-corrected chi connectivity index (χ4v) is 0.585. The Labute approximate surface area is 73.2 Å². The summed E-state index contributed by atoms with van der Waals surface area (Å²) in [7, 11) is 0. The van der Waals surface area contributed by atoms with Gasteiger partial charge in [0.25, 0.3) is 0 Å². The number of hydrogen-bond acceptors (Lipinski definition) is 4. The van der Waals surface area contributed by atoms with Crippen LogP contribution in [-0.4, -0.2) is 10.1 Å². The Hall–Kier alpha value is -0.900. The summed E-state index contributed by atoms with van der Waals surface area (Å²) in [5.74, 6) is 1.51. The lowest BCUT2D eigenvalue weighted by Crippen LogP contribution is -1.98. The van der Waals surface area contributed by atoms with Crippen LogP contribution in [0.4, 0.5) is 0 Å². The second kappa shape index (κ2) is 5.71. The molecule has 0 bridgehead atoms. The van der Waals surface area contributed by atoms with Crippen molar-refractivity contribution in [3.63, 3.8) is 0 Å². The highest BCUT2D eigenvalue weighted by Gasteiger charge is 2.07. The quantitative estimate of drug-likeness (QED) is 0.735. The van der Waals surface area contributed by atoms with Gasteiger partial charge in [-0.25, -0.2) is 0 Å². The van der Waals surface area contributed by atoms with Crippen LogP contribution in [0.25, 0.3) is 0 Å². The third kappa shape index (κ3) is 3.00. The second-order valence-corrected chi connectivity index (χ2v) is 2.41. The molecule has 12 heavy (non-hydrogen) atoms. The van der Waals surface area contributed by atoms with Gasteiger partial charge in [-0.05, 0) is 0 Å². The van der Waals surface area contributed by atoms with Gasteiger partial charge in [0.2, 0.25) is 5.89 Å². The van der Waals surface area contributed by atoms with E-state index in [0.717, 1.165) is 0 Å². The maximum Gasteiger partial charge on any atom is 0.229 e. The molecule has 0 radical (unpaired) electrons. The van der Waals surface area contributed by atoms with E-state index in [1.54, 1.807) is 0 Å². The molecule has 4 heteroatoms. The van der Waals surface area contributed by atoms with E-state index in [4.69, 9.17) is 10.3 Å². The summed E-state index contributed by atoms with van der Waals surface area (Å²) in [6, 6.07) is 0. The summed E-state index contributed by atoms with van der Waals surface area (Å²) in [4.78, 5) is 4.03. The molecular weight excluding hydrogens is 154 g/mol. The van der Waals surface area contributed by atoms with Crippen LogP contribution >= 0.6 is 0 Å². The first kappa shape index (κ1) is 11.1. The zero-order valence-electron chi connectivity index (χ0n) is 8.16. The minimum Gasteiger partial charge on any atom is -0.339 e. The zero-order valence-corrected chi connectivity index (χ0v) is 8.16. The normalized spacial score (nSPS) is 9.50. The van der Waals surface area contributed by atoms with E-state index in [-0.39, 0.29) is 5.92 Å². The first-order valence-corrected chi connectivity index (χ1v) is 4.26. The van der Waals surface area contributed by atoms with Gasteiger partial charge < -0.3 is 10.3 Å². The summed E-state index contributed by atoms with van der Waals surface area (Å²) in [6.45, 7) is 8.33. The maximum atomic E-state index is 5.28. The fraction of sp³-hybridized carbons (Fsp3) is 0.750. The fourth-order valence-electron chi connectivity index (χ4n) is 0.585. The van der Waals surface area contributed by atoms with E-state index in [2.05, 4.69) is 10.1 Å². The van der Waals surface area contributed by atoms with E-state index in [1.807, 2.05) is 27.7 Å². The largest absolute Gasteiger partial charge is 0.339 e. The zero-order chi connectivity index (χ0) is 9.56. The van der Waals surface area contributed by atoms with Crippen molar-refractivity contribution in [1.29, 1.82) is 0 Å². The van der Waals surface area contributed by atoms with Crippen LogP contribution in [-0.2, 0) is 6.54 Å².